The van der Waals surface area contributed by atoms with E-state index < -0.39 is 23.1 Å². The second-order valence-electron chi connectivity index (χ2n) is 4.74. The second-order valence-corrected chi connectivity index (χ2v) is 5.60. The molecule has 100 valence electrons. The molecular formula is C10H19N2O4S-. The Labute approximate surface area is 104 Å². The van der Waals surface area contributed by atoms with E-state index in [1.807, 2.05) is 6.92 Å². The zero-order chi connectivity index (χ0) is 13.0. The van der Waals surface area contributed by atoms with Gasteiger partial charge >= 0.3 is 6.09 Å². The molecule has 0 aromatic carbocycles. The zero-order valence-electron chi connectivity index (χ0n) is 10.1. The van der Waals surface area contributed by atoms with Crippen molar-refractivity contribution in [3.8, 4) is 0 Å². The molecule has 0 bridgehead atoms. The van der Waals surface area contributed by atoms with Gasteiger partial charge in [0.15, 0.2) is 0 Å². The Morgan fingerprint density at radius 3 is 2.76 bits per heavy atom. The van der Waals surface area contributed by atoms with Gasteiger partial charge in [0.25, 0.3) is 0 Å². The molecule has 6 nitrogen and oxygen atoms in total. The standard InChI is InChI=1S/C10H20N2O4S/c1-7-3-9(8(2)11-4-7)5-12(10(13)14)6-17(15)16/h7-9,11H,3-6H2,1-2H3,(H,13,14)(H,15,16)/p-1. The molecule has 1 fully saturated rings. The SMILES string of the molecule is CC1CNC(C)C(CN(CS(=O)[O-])C(=O)O)C1. The molecule has 0 spiro atoms. The van der Waals surface area contributed by atoms with Crippen molar-refractivity contribution in [2.45, 2.75) is 26.3 Å². The predicted octanol–water partition coefficient (Wildman–Crippen LogP) is 0.437. The molecule has 4 atom stereocenters. The van der Waals surface area contributed by atoms with Gasteiger partial charge < -0.3 is 15.0 Å². The van der Waals surface area contributed by atoms with Crippen LogP contribution in [0.5, 0.6) is 0 Å². The number of hydrogen-bond acceptors (Lipinski definition) is 4. The predicted molar refractivity (Wildman–Crippen MR) is 63.3 cm³/mol. The van der Waals surface area contributed by atoms with Crippen LogP contribution in [-0.4, -0.2) is 49.9 Å². The molecule has 2 N–H and O–H groups in total. The number of rotatable bonds is 4. The van der Waals surface area contributed by atoms with Crippen LogP contribution < -0.4 is 5.32 Å². The van der Waals surface area contributed by atoms with Gasteiger partial charge in [0.1, 0.15) is 0 Å². The molecule has 1 rings (SSSR count). The molecule has 1 aliphatic heterocycles. The summed E-state index contributed by atoms with van der Waals surface area (Å²) in [5.41, 5.74) is 0. The van der Waals surface area contributed by atoms with E-state index >= 15 is 0 Å². The molecule has 1 aliphatic rings. The van der Waals surface area contributed by atoms with Gasteiger partial charge in [-0.2, -0.15) is 0 Å². The molecule has 0 aliphatic carbocycles. The lowest BCUT2D eigenvalue weighted by Gasteiger charge is -2.36. The average Bonchev–Trinajstić information content (AvgIpc) is 2.21. The third-order valence-electron chi connectivity index (χ3n) is 3.19. The Kier molecular flexibility index (Phi) is 5.35. The lowest BCUT2D eigenvalue weighted by atomic mass is 9.86. The van der Waals surface area contributed by atoms with Crippen LogP contribution in [0.2, 0.25) is 0 Å². The van der Waals surface area contributed by atoms with Gasteiger partial charge in [-0.3, -0.25) is 9.11 Å². The highest BCUT2D eigenvalue weighted by molar-refractivity contribution is 7.79. The molecule has 1 heterocycles. The number of carboxylic acid groups (broad SMARTS) is 1. The molecule has 17 heavy (non-hydrogen) atoms. The first kappa shape index (κ1) is 14.4. The largest absolute Gasteiger partial charge is 0.771 e. The summed E-state index contributed by atoms with van der Waals surface area (Å²) in [5, 5.41) is 12.2. The van der Waals surface area contributed by atoms with Crippen LogP contribution >= 0.6 is 0 Å². The Morgan fingerprint density at radius 1 is 1.59 bits per heavy atom. The number of amides is 1. The van der Waals surface area contributed by atoms with E-state index in [-0.39, 0.29) is 18.5 Å². The Bertz CT molecular complexity index is 300. The van der Waals surface area contributed by atoms with Crippen molar-refractivity contribution in [3.05, 3.63) is 0 Å². The first-order valence-electron chi connectivity index (χ1n) is 5.67. The normalized spacial score (nSPS) is 30.9. The average molecular weight is 263 g/mol. The Morgan fingerprint density at radius 2 is 2.24 bits per heavy atom. The first-order chi connectivity index (χ1) is 7.90. The summed E-state index contributed by atoms with van der Waals surface area (Å²) in [7, 11) is 0. The quantitative estimate of drug-likeness (QED) is 0.718. The Hall–Kier alpha value is -0.660. The maximum absolute atomic E-state index is 10.9. The number of carbonyl (C=O) groups is 1. The lowest BCUT2D eigenvalue weighted by Crippen LogP contribution is -2.48. The van der Waals surface area contributed by atoms with E-state index in [1.165, 1.54) is 0 Å². The summed E-state index contributed by atoms with van der Waals surface area (Å²) in [6.07, 6.45) is -0.261. The minimum Gasteiger partial charge on any atom is -0.771 e. The fourth-order valence-corrected chi connectivity index (χ4v) is 2.66. The van der Waals surface area contributed by atoms with Crippen molar-refractivity contribution >= 4 is 17.2 Å². The molecule has 0 saturated carbocycles. The van der Waals surface area contributed by atoms with Crippen LogP contribution in [0.1, 0.15) is 20.3 Å². The summed E-state index contributed by atoms with van der Waals surface area (Å²) in [6, 6.07) is 0.216. The van der Waals surface area contributed by atoms with Gasteiger partial charge in [0.2, 0.25) is 0 Å². The monoisotopic (exact) mass is 263 g/mol. The van der Waals surface area contributed by atoms with Crippen LogP contribution in [0.25, 0.3) is 0 Å². The zero-order valence-corrected chi connectivity index (χ0v) is 10.9. The van der Waals surface area contributed by atoms with Crippen molar-refractivity contribution in [2.75, 3.05) is 19.0 Å². The van der Waals surface area contributed by atoms with E-state index in [2.05, 4.69) is 12.2 Å². The highest BCUT2D eigenvalue weighted by Gasteiger charge is 2.28. The van der Waals surface area contributed by atoms with E-state index in [4.69, 9.17) is 5.11 Å². The minimum absolute atomic E-state index is 0.165. The smallest absolute Gasteiger partial charge is 0.408 e. The molecule has 4 unspecified atom stereocenters. The minimum atomic E-state index is -2.37. The fraction of sp³-hybridized carbons (Fsp3) is 0.900. The van der Waals surface area contributed by atoms with Crippen molar-refractivity contribution in [3.63, 3.8) is 0 Å². The van der Waals surface area contributed by atoms with Gasteiger partial charge in [-0.05, 0) is 42.8 Å². The van der Waals surface area contributed by atoms with Crippen LogP contribution in [0.3, 0.4) is 0 Å². The number of piperidine rings is 1. The topological polar surface area (TPSA) is 92.7 Å². The molecule has 0 aromatic rings. The Balaban J connectivity index is 2.58. The molecule has 1 amide bonds. The number of hydrogen-bond donors (Lipinski definition) is 2. The third kappa shape index (κ3) is 4.61. The maximum Gasteiger partial charge on any atom is 0.408 e. The summed E-state index contributed by atoms with van der Waals surface area (Å²) in [4.78, 5) is 11.9. The number of nitrogens with zero attached hydrogens (tertiary/aromatic N) is 1. The molecule has 1 saturated heterocycles. The third-order valence-corrected chi connectivity index (χ3v) is 3.71. The number of nitrogens with one attached hydrogen (secondary N) is 1. The van der Waals surface area contributed by atoms with E-state index in [1.54, 1.807) is 0 Å². The first-order valence-corrected chi connectivity index (χ1v) is 6.91. The van der Waals surface area contributed by atoms with E-state index in [0.29, 0.717) is 5.92 Å². The van der Waals surface area contributed by atoms with Crippen molar-refractivity contribution in [1.29, 1.82) is 0 Å². The second kappa shape index (κ2) is 6.32. The van der Waals surface area contributed by atoms with Crippen LogP contribution in [0.4, 0.5) is 4.79 Å². The van der Waals surface area contributed by atoms with Gasteiger partial charge in [0.05, 0.1) is 5.88 Å². The van der Waals surface area contributed by atoms with Crippen molar-refractivity contribution in [1.82, 2.24) is 10.2 Å². The van der Waals surface area contributed by atoms with Crippen molar-refractivity contribution < 1.29 is 18.7 Å². The van der Waals surface area contributed by atoms with Gasteiger partial charge in [-0.1, -0.05) is 6.92 Å². The van der Waals surface area contributed by atoms with E-state index in [9.17, 15) is 13.6 Å². The van der Waals surface area contributed by atoms with E-state index in [0.717, 1.165) is 17.9 Å². The van der Waals surface area contributed by atoms with Crippen LogP contribution in [0.15, 0.2) is 0 Å². The summed E-state index contributed by atoms with van der Waals surface area (Å²) < 4.78 is 21.2. The summed E-state index contributed by atoms with van der Waals surface area (Å²) in [5.74, 6) is 0.204. The summed E-state index contributed by atoms with van der Waals surface area (Å²) in [6.45, 7) is 5.30. The van der Waals surface area contributed by atoms with Crippen LogP contribution in [0, 0.1) is 11.8 Å². The maximum atomic E-state index is 10.9. The van der Waals surface area contributed by atoms with Gasteiger partial charge in [-0.25, -0.2) is 4.79 Å². The van der Waals surface area contributed by atoms with Gasteiger partial charge in [0, 0.05) is 12.6 Å². The van der Waals surface area contributed by atoms with Crippen molar-refractivity contribution in [2.24, 2.45) is 11.8 Å². The lowest BCUT2D eigenvalue weighted by molar-refractivity contribution is 0.128. The van der Waals surface area contributed by atoms with Crippen LogP contribution in [-0.2, 0) is 11.1 Å². The molecule has 0 aromatic heterocycles. The van der Waals surface area contributed by atoms with Gasteiger partial charge in [-0.15, -0.1) is 0 Å². The molecular weight excluding hydrogens is 244 g/mol. The molecule has 7 heteroatoms. The highest BCUT2D eigenvalue weighted by Crippen LogP contribution is 2.21. The fourth-order valence-electron chi connectivity index (χ4n) is 2.19. The summed E-state index contributed by atoms with van der Waals surface area (Å²) >= 11 is -2.37. The highest BCUT2D eigenvalue weighted by atomic mass is 32.2. The molecule has 0 radical (unpaired) electrons.